The van der Waals surface area contributed by atoms with Gasteiger partial charge in [0.15, 0.2) is 0 Å². The number of para-hydroxylation sites is 1. The first-order valence-electron chi connectivity index (χ1n) is 7.74. The number of ether oxygens (including phenoxy) is 1. The number of anilines is 2. The van der Waals surface area contributed by atoms with Crippen LogP contribution in [0.1, 0.15) is 18.4 Å². The Morgan fingerprint density at radius 3 is 2.88 bits per heavy atom. The smallest absolute Gasteiger partial charge is 0.377 e. The lowest BCUT2D eigenvalue weighted by Crippen LogP contribution is -2.21. The number of nitrogens with one attached hydrogen (secondary N) is 2. The van der Waals surface area contributed by atoms with E-state index in [1.165, 1.54) is 30.0 Å². The van der Waals surface area contributed by atoms with Crippen LogP contribution in [0.2, 0.25) is 0 Å². The summed E-state index contributed by atoms with van der Waals surface area (Å²) in [6.07, 6.45) is -2.33. The molecule has 1 unspecified atom stereocenters. The van der Waals surface area contributed by atoms with Crippen molar-refractivity contribution in [1.82, 2.24) is 9.36 Å². The van der Waals surface area contributed by atoms with Crippen molar-refractivity contribution in [1.29, 1.82) is 0 Å². The van der Waals surface area contributed by atoms with Gasteiger partial charge in [0, 0.05) is 23.9 Å². The molecule has 26 heavy (non-hydrogen) atoms. The summed E-state index contributed by atoms with van der Waals surface area (Å²) in [6, 6.07) is 3.95. The van der Waals surface area contributed by atoms with Gasteiger partial charge in [-0.15, -0.1) is 0 Å². The Bertz CT molecular complexity index is 763. The Labute approximate surface area is 155 Å². The zero-order valence-electron chi connectivity index (χ0n) is 13.4. The van der Waals surface area contributed by atoms with E-state index in [-0.39, 0.29) is 16.9 Å². The molecule has 0 radical (unpaired) electrons. The summed E-state index contributed by atoms with van der Waals surface area (Å²) in [6.45, 7) is 0.766. The van der Waals surface area contributed by atoms with Gasteiger partial charge in [-0.3, -0.25) is 5.32 Å². The molecule has 1 saturated heterocycles. The zero-order chi connectivity index (χ0) is 18.6. The van der Waals surface area contributed by atoms with E-state index in [4.69, 9.17) is 4.74 Å². The van der Waals surface area contributed by atoms with Gasteiger partial charge in [0.1, 0.15) is 0 Å². The highest BCUT2D eigenvalue weighted by atomic mass is 32.2. The number of nitrogens with zero attached hydrogens (tertiary/aromatic N) is 2. The van der Waals surface area contributed by atoms with Crippen molar-refractivity contribution in [3.05, 3.63) is 29.8 Å². The first kappa shape index (κ1) is 18.9. The lowest BCUT2D eigenvalue weighted by atomic mass is 10.1. The maximum absolute atomic E-state index is 12.9. The van der Waals surface area contributed by atoms with Gasteiger partial charge in [-0.05, 0) is 25.0 Å². The van der Waals surface area contributed by atoms with Gasteiger partial charge in [0.05, 0.1) is 17.4 Å². The molecule has 0 saturated carbocycles. The van der Waals surface area contributed by atoms with E-state index in [2.05, 4.69) is 20.0 Å². The third kappa shape index (κ3) is 5.08. The number of rotatable bonds is 5. The van der Waals surface area contributed by atoms with E-state index < -0.39 is 17.8 Å². The number of aromatic nitrogens is 2. The Kier molecular flexibility index (Phi) is 5.99. The Balaban J connectivity index is 1.56. The van der Waals surface area contributed by atoms with Crippen LogP contribution in [-0.2, 0) is 10.9 Å². The lowest BCUT2D eigenvalue weighted by molar-refractivity contribution is -0.136. The molecule has 140 valence electrons. The molecule has 1 aliphatic heterocycles. The van der Waals surface area contributed by atoms with E-state index in [1.54, 1.807) is 0 Å². The molecular weight excluding hydrogens is 389 g/mol. The molecular formula is C15H15F3N4O2S2. The number of carbonyl (C=O) groups is 1. The van der Waals surface area contributed by atoms with E-state index >= 15 is 0 Å². The van der Waals surface area contributed by atoms with Crippen molar-refractivity contribution in [2.75, 3.05) is 23.0 Å². The van der Waals surface area contributed by atoms with E-state index in [0.717, 1.165) is 42.8 Å². The SMILES string of the molecule is O=C(Nc1nc(SCC2CCCO2)ns1)Nc1ccccc1C(F)(F)F. The molecule has 11 heteroatoms. The third-order valence-electron chi connectivity index (χ3n) is 3.53. The number of hydrogen-bond acceptors (Lipinski definition) is 6. The molecule has 2 amide bonds. The second-order valence-corrected chi connectivity index (χ2v) is 7.19. The summed E-state index contributed by atoms with van der Waals surface area (Å²) in [5, 5.41) is 5.30. The number of carbonyl (C=O) groups excluding carboxylic acids is 1. The Morgan fingerprint density at radius 1 is 1.35 bits per heavy atom. The molecule has 0 spiro atoms. The fourth-order valence-corrected chi connectivity index (χ4v) is 3.96. The van der Waals surface area contributed by atoms with E-state index in [9.17, 15) is 18.0 Å². The molecule has 3 rings (SSSR count). The van der Waals surface area contributed by atoms with Crippen molar-refractivity contribution in [2.24, 2.45) is 0 Å². The topological polar surface area (TPSA) is 76.1 Å². The highest BCUT2D eigenvalue weighted by Crippen LogP contribution is 2.34. The number of hydrogen-bond donors (Lipinski definition) is 2. The number of benzene rings is 1. The average Bonchev–Trinajstić information content (AvgIpc) is 3.24. The summed E-state index contributed by atoms with van der Waals surface area (Å²) in [5.74, 6) is 0.724. The highest BCUT2D eigenvalue weighted by molar-refractivity contribution is 7.99. The fourth-order valence-electron chi connectivity index (χ4n) is 2.35. The minimum absolute atomic E-state index is 0.182. The summed E-state index contributed by atoms with van der Waals surface area (Å²) in [4.78, 5) is 16.1. The van der Waals surface area contributed by atoms with Crippen LogP contribution in [-0.4, -0.2) is 33.9 Å². The number of urea groups is 1. The highest BCUT2D eigenvalue weighted by Gasteiger charge is 2.33. The minimum Gasteiger partial charge on any atom is -0.377 e. The average molecular weight is 404 g/mol. The van der Waals surface area contributed by atoms with Crippen molar-refractivity contribution < 1.29 is 22.7 Å². The summed E-state index contributed by atoms with van der Waals surface area (Å²) in [5.41, 5.74) is -1.24. The third-order valence-corrected chi connectivity index (χ3v) is 5.26. The molecule has 1 aromatic heterocycles. The second-order valence-electron chi connectivity index (χ2n) is 5.45. The van der Waals surface area contributed by atoms with Gasteiger partial charge >= 0.3 is 12.2 Å². The summed E-state index contributed by atoms with van der Waals surface area (Å²) in [7, 11) is 0. The van der Waals surface area contributed by atoms with Crippen molar-refractivity contribution in [3.8, 4) is 0 Å². The van der Waals surface area contributed by atoms with Gasteiger partial charge in [-0.25, -0.2) is 4.79 Å². The standard InChI is InChI=1S/C15H15F3N4O2S2/c16-15(17,18)10-5-1-2-6-11(10)19-12(23)20-13-21-14(22-26-13)25-8-9-4-3-7-24-9/h1-2,5-6,9H,3-4,7-8H2,(H2,19,20,21,22,23). The normalized spacial score (nSPS) is 17.3. The van der Waals surface area contributed by atoms with E-state index in [0.29, 0.717) is 5.16 Å². The van der Waals surface area contributed by atoms with Gasteiger partial charge in [-0.1, -0.05) is 23.9 Å². The van der Waals surface area contributed by atoms with Crippen LogP contribution in [0.4, 0.5) is 28.8 Å². The van der Waals surface area contributed by atoms with Crippen molar-refractivity contribution >= 4 is 40.1 Å². The zero-order valence-corrected chi connectivity index (χ0v) is 15.0. The number of halogens is 3. The molecule has 1 aliphatic rings. The lowest BCUT2D eigenvalue weighted by Gasteiger charge is -2.13. The van der Waals surface area contributed by atoms with Crippen LogP contribution in [0, 0.1) is 0 Å². The monoisotopic (exact) mass is 404 g/mol. The first-order valence-corrected chi connectivity index (χ1v) is 9.50. The number of thioether (sulfide) groups is 1. The molecule has 2 N–H and O–H groups in total. The first-order chi connectivity index (χ1) is 12.4. The predicted octanol–water partition coefficient (Wildman–Crippen LogP) is 4.47. The van der Waals surface area contributed by atoms with Crippen LogP contribution in [0.3, 0.4) is 0 Å². The summed E-state index contributed by atoms with van der Waals surface area (Å²) < 4.78 is 48.4. The molecule has 0 aliphatic carbocycles. The Hall–Kier alpha value is -1.85. The number of alkyl halides is 3. The number of amides is 2. The maximum atomic E-state index is 12.9. The van der Waals surface area contributed by atoms with Crippen LogP contribution in [0.25, 0.3) is 0 Å². The summed E-state index contributed by atoms with van der Waals surface area (Å²) >= 11 is 2.38. The second kappa shape index (κ2) is 8.23. The van der Waals surface area contributed by atoms with Crippen molar-refractivity contribution in [3.63, 3.8) is 0 Å². The molecule has 0 bridgehead atoms. The van der Waals surface area contributed by atoms with Crippen LogP contribution in [0.15, 0.2) is 29.4 Å². The molecule has 1 fully saturated rings. The van der Waals surface area contributed by atoms with Gasteiger partial charge in [-0.2, -0.15) is 22.5 Å². The van der Waals surface area contributed by atoms with Gasteiger partial charge in [0.25, 0.3) is 0 Å². The molecule has 1 atom stereocenters. The van der Waals surface area contributed by atoms with Gasteiger partial charge in [0.2, 0.25) is 10.3 Å². The predicted molar refractivity (Wildman–Crippen MR) is 93.7 cm³/mol. The molecule has 2 heterocycles. The minimum atomic E-state index is -4.56. The van der Waals surface area contributed by atoms with Crippen LogP contribution < -0.4 is 10.6 Å². The Morgan fingerprint density at radius 2 is 2.15 bits per heavy atom. The maximum Gasteiger partial charge on any atom is 0.418 e. The fraction of sp³-hybridized carbons (Fsp3) is 0.400. The molecule has 2 aromatic rings. The van der Waals surface area contributed by atoms with Gasteiger partial charge < -0.3 is 10.1 Å². The van der Waals surface area contributed by atoms with E-state index in [1.807, 2.05) is 0 Å². The molecule has 1 aromatic carbocycles. The van der Waals surface area contributed by atoms with Crippen LogP contribution >= 0.6 is 23.3 Å². The van der Waals surface area contributed by atoms with Crippen molar-refractivity contribution in [2.45, 2.75) is 30.3 Å². The molecule has 6 nitrogen and oxygen atoms in total. The quantitative estimate of drug-likeness (QED) is 0.719. The largest absolute Gasteiger partial charge is 0.418 e. The van der Waals surface area contributed by atoms with Crippen LogP contribution in [0.5, 0.6) is 0 Å².